The van der Waals surface area contributed by atoms with Gasteiger partial charge in [0.15, 0.2) is 0 Å². The van der Waals surface area contributed by atoms with Gasteiger partial charge in [-0.2, -0.15) is 5.26 Å². The number of piperazine rings is 1. The van der Waals surface area contributed by atoms with Crippen LogP contribution in [0.5, 0.6) is 0 Å². The Balaban J connectivity index is 2.09. The fourth-order valence-electron chi connectivity index (χ4n) is 2.22. The summed E-state index contributed by atoms with van der Waals surface area (Å²) in [6, 6.07) is 4.26. The number of aryl methyl sites for hydroxylation is 1. The van der Waals surface area contributed by atoms with E-state index in [1.807, 2.05) is 6.92 Å². The minimum Gasteiger partial charge on any atom is -0.338 e. The van der Waals surface area contributed by atoms with Crippen LogP contribution in [0.15, 0.2) is 6.07 Å². The highest BCUT2D eigenvalue weighted by atomic mass is 15.3. The maximum atomic E-state index is 8.71. The van der Waals surface area contributed by atoms with Crippen molar-refractivity contribution in [1.82, 2.24) is 14.9 Å². The molecule has 0 spiro atoms. The molecule has 1 aliphatic rings. The zero-order valence-electron chi connectivity index (χ0n) is 11.9. The van der Waals surface area contributed by atoms with Crippen LogP contribution in [0.25, 0.3) is 0 Å². The molecule has 0 aliphatic carbocycles. The molecule has 2 heterocycles. The van der Waals surface area contributed by atoms with Crippen molar-refractivity contribution < 1.29 is 0 Å². The molecule has 5 heteroatoms. The summed E-state index contributed by atoms with van der Waals surface area (Å²) < 4.78 is 0. The minimum absolute atomic E-state index is 0.417. The Morgan fingerprint density at radius 2 is 1.95 bits per heavy atom. The summed E-state index contributed by atoms with van der Waals surface area (Å²) in [5, 5.41) is 8.71. The van der Waals surface area contributed by atoms with Crippen LogP contribution in [0.2, 0.25) is 0 Å². The summed E-state index contributed by atoms with van der Waals surface area (Å²) in [5.74, 6) is 1.25. The van der Waals surface area contributed by atoms with E-state index in [9.17, 15) is 0 Å². The zero-order chi connectivity index (χ0) is 13.8. The first kappa shape index (κ1) is 13.8. The average Bonchev–Trinajstić information content (AvgIpc) is 2.39. The summed E-state index contributed by atoms with van der Waals surface area (Å²) in [6.07, 6.45) is 0. The maximum absolute atomic E-state index is 8.71. The Morgan fingerprint density at radius 3 is 2.53 bits per heavy atom. The summed E-state index contributed by atoms with van der Waals surface area (Å²) in [5.41, 5.74) is 2.12. The van der Waals surface area contributed by atoms with Gasteiger partial charge < -0.3 is 4.90 Å². The quantitative estimate of drug-likeness (QED) is 0.771. The van der Waals surface area contributed by atoms with Gasteiger partial charge in [-0.15, -0.1) is 0 Å². The average molecular weight is 259 g/mol. The second-order valence-electron chi connectivity index (χ2n) is 5.31. The van der Waals surface area contributed by atoms with Gasteiger partial charge >= 0.3 is 0 Å². The molecule has 5 nitrogen and oxygen atoms in total. The third-order valence-corrected chi connectivity index (χ3v) is 3.40. The first-order valence-electron chi connectivity index (χ1n) is 6.80. The molecular weight excluding hydrogens is 238 g/mol. The second-order valence-corrected chi connectivity index (χ2v) is 5.31. The zero-order valence-corrected chi connectivity index (χ0v) is 11.9. The van der Waals surface area contributed by atoms with Crippen LogP contribution in [0, 0.1) is 18.3 Å². The van der Waals surface area contributed by atoms with Gasteiger partial charge in [0.25, 0.3) is 0 Å². The highest BCUT2D eigenvalue weighted by molar-refractivity contribution is 5.34. The number of nitriles is 1. The highest BCUT2D eigenvalue weighted by Crippen LogP contribution is 2.18. The van der Waals surface area contributed by atoms with E-state index in [1.165, 1.54) is 0 Å². The number of aromatic nitrogens is 2. The SMILES string of the molecule is Cc1cc(C(C)C)nc(N2CCN(CC#N)CC2)n1. The van der Waals surface area contributed by atoms with E-state index < -0.39 is 0 Å². The molecule has 0 radical (unpaired) electrons. The Labute approximate surface area is 114 Å². The standard InChI is InChI=1S/C14H21N5/c1-11(2)13-10-12(3)16-14(17-13)19-8-6-18(5-4-15)7-9-19/h10-11H,5-9H2,1-3H3. The molecule has 1 aliphatic heterocycles. The Bertz CT molecular complexity index is 469. The van der Waals surface area contributed by atoms with Crippen molar-refractivity contribution in [3.05, 3.63) is 17.5 Å². The topological polar surface area (TPSA) is 56.1 Å². The molecule has 1 fully saturated rings. The van der Waals surface area contributed by atoms with Crippen molar-refractivity contribution in [2.24, 2.45) is 0 Å². The summed E-state index contributed by atoms with van der Waals surface area (Å²) in [4.78, 5) is 13.6. The predicted molar refractivity (Wildman–Crippen MR) is 75.1 cm³/mol. The van der Waals surface area contributed by atoms with E-state index in [1.54, 1.807) is 0 Å². The van der Waals surface area contributed by atoms with Crippen LogP contribution in [-0.2, 0) is 0 Å². The van der Waals surface area contributed by atoms with E-state index in [-0.39, 0.29) is 0 Å². The van der Waals surface area contributed by atoms with Crippen LogP contribution in [0.3, 0.4) is 0 Å². The van der Waals surface area contributed by atoms with Gasteiger partial charge in [-0.3, -0.25) is 4.90 Å². The normalized spacial score (nSPS) is 16.7. The van der Waals surface area contributed by atoms with Crippen molar-refractivity contribution in [3.63, 3.8) is 0 Å². The number of nitrogens with zero attached hydrogens (tertiary/aromatic N) is 5. The third kappa shape index (κ3) is 3.42. The molecule has 0 aromatic carbocycles. The van der Waals surface area contributed by atoms with E-state index >= 15 is 0 Å². The second kappa shape index (κ2) is 5.98. The third-order valence-electron chi connectivity index (χ3n) is 3.40. The minimum atomic E-state index is 0.417. The van der Waals surface area contributed by atoms with E-state index in [0.29, 0.717) is 12.5 Å². The van der Waals surface area contributed by atoms with Crippen LogP contribution in [0.4, 0.5) is 5.95 Å². The monoisotopic (exact) mass is 259 g/mol. The lowest BCUT2D eigenvalue weighted by molar-refractivity contribution is 0.285. The van der Waals surface area contributed by atoms with Gasteiger partial charge in [0, 0.05) is 37.6 Å². The van der Waals surface area contributed by atoms with Gasteiger partial charge in [0.1, 0.15) is 0 Å². The summed E-state index contributed by atoms with van der Waals surface area (Å²) >= 11 is 0. The molecule has 0 amide bonds. The number of anilines is 1. The molecule has 0 N–H and O–H groups in total. The smallest absolute Gasteiger partial charge is 0.225 e. The predicted octanol–water partition coefficient (Wildman–Crippen LogP) is 1.55. The highest BCUT2D eigenvalue weighted by Gasteiger charge is 2.19. The lowest BCUT2D eigenvalue weighted by atomic mass is 10.1. The molecule has 1 aromatic heterocycles. The van der Waals surface area contributed by atoms with Crippen LogP contribution >= 0.6 is 0 Å². The van der Waals surface area contributed by atoms with Crippen molar-refractivity contribution in [2.45, 2.75) is 26.7 Å². The molecule has 0 saturated carbocycles. The van der Waals surface area contributed by atoms with Crippen LogP contribution in [0.1, 0.15) is 31.2 Å². The molecule has 0 unspecified atom stereocenters. The molecular formula is C14H21N5. The number of hydrogen-bond donors (Lipinski definition) is 0. The van der Waals surface area contributed by atoms with Crippen molar-refractivity contribution in [1.29, 1.82) is 5.26 Å². The Hall–Kier alpha value is -1.67. The van der Waals surface area contributed by atoms with Gasteiger partial charge in [-0.25, -0.2) is 9.97 Å². The lowest BCUT2D eigenvalue weighted by Gasteiger charge is -2.33. The first-order valence-corrected chi connectivity index (χ1v) is 6.80. The Morgan fingerprint density at radius 1 is 1.26 bits per heavy atom. The maximum Gasteiger partial charge on any atom is 0.225 e. The lowest BCUT2D eigenvalue weighted by Crippen LogP contribution is -2.47. The Kier molecular flexibility index (Phi) is 4.33. The van der Waals surface area contributed by atoms with Crippen molar-refractivity contribution in [2.75, 3.05) is 37.6 Å². The van der Waals surface area contributed by atoms with E-state index in [2.05, 4.69) is 45.8 Å². The van der Waals surface area contributed by atoms with Crippen molar-refractivity contribution >= 4 is 5.95 Å². The molecule has 1 saturated heterocycles. The largest absolute Gasteiger partial charge is 0.338 e. The molecule has 2 rings (SSSR count). The number of rotatable bonds is 3. The molecule has 102 valence electrons. The summed E-state index contributed by atoms with van der Waals surface area (Å²) in [6.45, 7) is 10.4. The van der Waals surface area contributed by atoms with Gasteiger partial charge in [-0.1, -0.05) is 13.8 Å². The van der Waals surface area contributed by atoms with Gasteiger partial charge in [-0.05, 0) is 18.9 Å². The van der Waals surface area contributed by atoms with Gasteiger partial charge in [0.2, 0.25) is 5.95 Å². The molecule has 0 bridgehead atoms. The molecule has 19 heavy (non-hydrogen) atoms. The first-order chi connectivity index (χ1) is 9.10. The van der Waals surface area contributed by atoms with Crippen LogP contribution < -0.4 is 4.90 Å². The summed E-state index contributed by atoms with van der Waals surface area (Å²) in [7, 11) is 0. The fourth-order valence-corrected chi connectivity index (χ4v) is 2.22. The number of hydrogen-bond acceptors (Lipinski definition) is 5. The van der Waals surface area contributed by atoms with E-state index in [0.717, 1.165) is 43.5 Å². The van der Waals surface area contributed by atoms with E-state index in [4.69, 9.17) is 5.26 Å². The van der Waals surface area contributed by atoms with Crippen molar-refractivity contribution in [3.8, 4) is 6.07 Å². The molecule has 1 aromatic rings. The fraction of sp³-hybridized carbons (Fsp3) is 0.643. The van der Waals surface area contributed by atoms with Gasteiger partial charge in [0.05, 0.1) is 12.6 Å². The molecule has 0 atom stereocenters. The van der Waals surface area contributed by atoms with Crippen LogP contribution in [-0.4, -0.2) is 47.6 Å².